The van der Waals surface area contributed by atoms with Gasteiger partial charge in [-0.3, -0.25) is 10.1 Å². The van der Waals surface area contributed by atoms with Gasteiger partial charge in [-0.25, -0.2) is 9.97 Å². The third-order valence-corrected chi connectivity index (χ3v) is 1.60. The first kappa shape index (κ1) is 9.12. The second-order valence-electron chi connectivity index (χ2n) is 2.13. The number of nitrogens with zero attached hydrogens (tertiary/aromatic N) is 2. The van der Waals surface area contributed by atoms with Gasteiger partial charge in [-0.1, -0.05) is 6.92 Å². The number of hydrogen-bond donors (Lipinski definition) is 1. The van der Waals surface area contributed by atoms with Crippen LogP contribution < -0.4 is 5.32 Å². The molecule has 4 nitrogen and oxygen atoms in total. The van der Waals surface area contributed by atoms with Crippen LogP contribution in [0.1, 0.15) is 13.3 Å². The smallest absolute Gasteiger partial charge is 0.229 e. The van der Waals surface area contributed by atoms with E-state index in [1.807, 2.05) is 0 Å². The summed E-state index contributed by atoms with van der Waals surface area (Å²) >= 11 is 3.19. The molecule has 0 spiro atoms. The highest BCUT2D eigenvalue weighted by Gasteiger charge is 1.99. The number of amides is 1. The summed E-state index contributed by atoms with van der Waals surface area (Å²) in [6, 6.07) is 0. The van der Waals surface area contributed by atoms with Gasteiger partial charge in [0.15, 0.2) is 0 Å². The van der Waals surface area contributed by atoms with Gasteiger partial charge in [-0.05, 0) is 15.9 Å². The molecule has 5 heteroatoms. The molecule has 1 aromatic rings. The fourth-order valence-corrected chi connectivity index (χ4v) is 0.795. The molecule has 0 saturated heterocycles. The maximum Gasteiger partial charge on any atom is 0.229 e. The number of nitrogens with one attached hydrogen (secondary N) is 1. The van der Waals surface area contributed by atoms with Crippen molar-refractivity contribution in [2.75, 3.05) is 5.32 Å². The van der Waals surface area contributed by atoms with Gasteiger partial charge < -0.3 is 0 Å². The second-order valence-corrected chi connectivity index (χ2v) is 3.04. The van der Waals surface area contributed by atoms with E-state index in [1.54, 1.807) is 19.3 Å². The van der Waals surface area contributed by atoms with E-state index in [0.29, 0.717) is 12.4 Å². The zero-order chi connectivity index (χ0) is 8.97. The Labute approximate surface area is 78.5 Å². The molecule has 1 aromatic heterocycles. The van der Waals surface area contributed by atoms with Crippen molar-refractivity contribution >= 4 is 27.8 Å². The number of carbonyl (C=O) groups excluding carboxylic acids is 1. The summed E-state index contributed by atoms with van der Waals surface area (Å²) in [6.07, 6.45) is 3.59. The SMILES string of the molecule is CCC(=O)Nc1ncc(Br)cn1. The number of halogens is 1. The fourth-order valence-electron chi connectivity index (χ4n) is 0.590. The molecule has 0 unspecified atom stereocenters. The molecule has 1 N–H and O–H groups in total. The quantitative estimate of drug-likeness (QED) is 0.839. The minimum Gasteiger partial charge on any atom is -0.295 e. The van der Waals surface area contributed by atoms with E-state index in [4.69, 9.17) is 0 Å². The molecule has 0 bridgehead atoms. The molecule has 0 aromatic carbocycles. The fraction of sp³-hybridized carbons (Fsp3) is 0.286. The molecule has 1 rings (SSSR count). The largest absolute Gasteiger partial charge is 0.295 e. The minimum atomic E-state index is -0.0858. The summed E-state index contributed by atoms with van der Waals surface area (Å²) in [5.74, 6) is 0.252. The average Bonchev–Trinajstić information content (AvgIpc) is 2.09. The standard InChI is InChI=1S/C7H8BrN3O/c1-2-6(12)11-7-9-3-5(8)4-10-7/h3-4H,2H2,1H3,(H,9,10,11,12). The van der Waals surface area contributed by atoms with Crippen LogP contribution >= 0.6 is 15.9 Å². The number of carbonyl (C=O) groups is 1. The minimum absolute atomic E-state index is 0.0858. The molecular formula is C7H8BrN3O. The van der Waals surface area contributed by atoms with Gasteiger partial charge in [0.05, 0.1) is 4.47 Å². The Morgan fingerprint density at radius 3 is 2.67 bits per heavy atom. The summed E-state index contributed by atoms with van der Waals surface area (Å²) in [4.78, 5) is 18.6. The van der Waals surface area contributed by atoms with Gasteiger partial charge in [0.2, 0.25) is 11.9 Å². The number of hydrogen-bond acceptors (Lipinski definition) is 3. The molecule has 0 saturated carbocycles. The molecule has 64 valence electrons. The van der Waals surface area contributed by atoms with E-state index in [-0.39, 0.29) is 5.91 Å². The highest BCUT2D eigenvalue weighted by molar-refractivity contribution is 9.10. The van der Waals surface area contributed by atoms with Crippen molar-refractivity contribution in [3.8, 4) is 0 Å². The van der Waals surface area contributed by atoms with E-state index < -0.39 is 0 Å². The summed E-state index contributed by atoms with van der Waals surface area (Å²) in [6.45, 7) is 1.77. The lowest BCUT2D eigenvalue weighted by atomic mass is 10.5. The van der Waals surface area contributed by atoms with Crippen molar-refractivity contribution in [1.29, 1.82) is 0 Å². The van der Waals surface area contributed by atoms with Crippen LogP contribution in [0.4, 0.5) is 5.95 Å². The van der Waals surface area contributed by atoms with Crippen LogP contribution in [0.2, 0.25) is 0 Å². The maximum atomic E-state index is 10.9. The molecular weight excluding hydrogens is 222 g/mol. The van der Waals surface area contributed by atoms with Crippen LogP contribution in [0.3, 0.4) is 0 Å². The lowest BCUT2D eigenvalue weighted by molar-refractivity contribution is -0.115. The Bertz CT molecular complexity index is 272. The van der Waals surface area contributed by atoms with Crippen molar-refractivity contribution in [2.24, 2.45) is 0 Å². The Morgan fingerprint density at radius 1 is 1.58 bits per heavy atom. The molecule has 1 amide bonds. The van der Waals surface area contributed by atoms with E-state index in [0.717, 1.165) is 4.47 Å². The average molecular weight is 230 g/mol. The van der Waals surface area contributed by atoms with Crippen LogP contribution in [-0.2, 0) is 4.79 Å². The van der Waals surface area contributed by atoms with E-state index in [9.17, 15) is 4.79 Å². The predicted octanol–water partition coefficient (Wildman–Crippen LogP) is 1.59. The van der Waals surface area contributed by atoms with Gasteiger partial charge in [0.1, 0.15) is 0 Å². The number of anilines is 1. The van der Waals surface area contributed by atoms with Crippen molar-refractivity contribution in [1.82, 2.24) is 9.97 Å². The van der Waals surface area contributed by atoms with Crippen LogP contribution in [0.15, 0.2) is 16.9 Å². The Hall–Kier alpha value is -0.970. The van der Waals surface area contributed by atoms with E-state index in [2.05, 4.69) is 31.2 Å². The van der Waals surface area contributed by atoms with Crippen LogP contribution in [-0.4, -0.2) is 15.9 Å². The number of rotatable bonds is 2. The molecule has 1 heterocycles. The van der Waals surface area contributed by atoms with Gasteiger partial charge in [-0.2, -0.15) is 0 Å². The first-order valence-corrected chi connectivity index (χ1v) is 4.29. The van der Waals surface area contributed by atoms with Crippen molar-refractivity contribution < 1.29 is 4.79 Å². The third kappa shape index (κ3) is 2.58. The molecule has 0 aliphatic heterocycles. The van der Waals surface area contributed by atoms with Gasteiger partial charge in [-0.15, -0.1) is 0 Å². The van der Waals surface area contributed by atoms with Crippen molar-refractivity contribution in [2.45, 2.75) is 13.3 Å². The molecule has 12 heavy (non-hydrogen) atoms. The Morgan fingerprint density at radius 2 is 2.17 bits per heavy atom. The second kappa shape index (κ2) is 4.15. The van der Waals surface area contributed by atoms with Gasteiger partial charge in [0, 0.05) is 18.8 Å². The van der Waals surface area contributed by atoms with Gasteiger partial charge in [0.25, 0.3) is 0 Å². The molecule has 0 atom stereocenters. The van der Waals surface area contributed by atoms with Crippen molar-refractivity contribution in [3.63, 3.8) is 0 Å². The lowest BCUT2D eigenvalue weighted by Gasteiger charge is -1.99. The molecule has 0 radical (unpaired) electrons. The van der Waals surface area contributed by atoms with Gasteiger partial charge >= 0.3 is 0 Å². The first-order valence-electron chi connectivity index (χ1n) is 3.49. The third-order valence-electron chi connectivity index (χ3n) is 1.19. The van der Waals surface area contributed by atoms with Crippen LogP contribution in [0, 0.1) is 0 Å². The monoisotopic (exact) mass is 229 g/mol. The normalized spacial score (nSPS) is 9.50. The van der Waals surface area contributed by atoms with E-state index >= 15 is 0 Å². The topological polar surface area (TPSA) is 54.9 Å². The molecule has 0 aliphatic carbocycles. The van der Waals surface area contributed by atoms with Crippen molar-refractivity contribution in [3.05, 3.63) is 16.9 Å². The maximum absolute atomic E-state index is 10.9. The lowest BCUT2D eigenvalue weighted by Crippen LogP contribution is -2.11. The Balaban J connectivity index is 2.64. The summed E-state index contributed by atoms with van der Waals surface area (Å²) in [7, 11) is 0. The van der Waals surface area contributed by atoms with Crippen LogP contribution in [0.25, 0.3) is 0 Å². The highest BCUT2D eigenvalue weighted by Crippen LogP contribution is 2.06. The summed E-state index contributed by atoms with van der Waals surface area (Å²) < 4.78 is 0.789. The summed E-state index contributed by atoms with van der Waals surface area (Å²) in [5, 5.41) is 2.54. The molecule has 0 aliphatic rings. The van der Waals surface area contributed by atoms with E-state index in [1.165, 1.54) is 0 Å². The predicted molar refractivity (Wildman–Crippen MR) is 48.7 cm³/mol. The summed E-state index contributed by atoms with van der Waals surface area (Å²) in [5.41, 5.74) is 0. The number of aromatic nitrogens is 2. The Kier molecular flexibility index (Phi) is 3.16. The first-order chi connectivity index (χ1) is 5.72. The highest BCUT2D eigenvalue weighted by atomic mass is 79.9. The zero-order valence-electron chi connectivity index (χ0n) is 6.54. The van der Waals surface area contributed by atoms with Crippen LogP contribution in [0.5, 0.6) is 0 Å². The zero-order valence-corrected chi connectivity index (χ0v) is 8.13. The molecule has 0 fully saturated rings.